The van der Waals surface area contributed by atoms with Crippen molar-refractivity contribution >= 4 is 72.5 Å². The fraction of sp³-hybridized carbons (Fsp3) is 0.348. The number of β-amino-alcohol motifs (C(OH)–C–C–N with tert-alkyl or cyclic N) is 1. The number of carbonyl (C=O) groups excluding carboxylic acids is 1. The van der Waals surface area contributed by atoms with E-state index in [9.17, 15) is 18.3 Å². The van der Waals surface area contributed by atoms with Gasteiger partial charge >= 0.3 is 0 Å². The van der Waals surface area contributed by atoms with Gasteiger partial charge in [0.2, 0.25) is 5.91 Å². The Morgan fingerprint density at radius 1 is 1.34 bits per heavy atom. The van der Waals surface area contributed by atoms with E-state index in [1.54, 1.807) is 54.6 Å². The minimum Gasteiger partial charge on any atom is -0.381 e. The number of nitrogens with zero attached hydrogens (tertiary/aromatic N) is 4. The van der Waals surface area contributed by atoms with Crippen LogP contribution in [0.3, 0.4) is 0 Å². The summed E-state index contributed by atoms with van der Waals surface area (Å²) in [6, 6.07) is 3.53. The number of carbonyl (C=O) groups is 1. The van der Waals surface area contributed by atoms with E-state index >= 15 is 0 Å². The summed E-state index contributed by atoms with van der Waals surface area (Å²) >= 11 is 9.62. The van der Waals surface area contributed by atoms with E-state index in [0.29, 0.717) is 34.0 Å². The maximum atomic E-state index is 13.8. The fourth-order valence-electron chi connectivity index (χ4n) is 4.47. The van der Waals surface area contributed by atoms with Gasteiger partial charge in [0.25, 0.3) is 10.0 Å². The molecule has 1 aliphatic heterocycles. The van der Waals surface area contributed by atoms with Crippen molar-refractivity contribution in [3.05, 3.63) is 59.0 Å². The molecule has 0 aromatic carbocycles. The van der Waals surface area contributed by atoms with Crippen LogP contribution in [-0.4, -0.2) is 60.0 Å². The van der Waals surface area contributed by atoms with E-state index in [-0.39, 0.29) is 16.4 Å². The molecule has 8 nitrogen and oxygen atoms in total. The first kappa shape index (κ1) is 24.9. The average Bonchev–Trinajstić information content (AvgIpc) is 3.54. The molecule has 2 aliphatic rings. The summed E-state index contributed by atoms with van der Waals surface area (Å²) in [5.41, 5.74) is -0.116. The van der Waals surface area contributed by atoms with Gasteiger partial charge in [-0.05, 0) is 31.2 Å². The van der Waals surface area contributed by atoms with Crippen LogP contribution < -0.4 is 0 Å². The maximum absolute atomic E-state index is 13.8. The number of allylic oxidation sites excluding steroid dienone is 3. The Morgan fingerprint density at radius 2 is 2.11 bits per heavy atom. The topological polar surface area (TPSA) is 105 Å². The average molecular weight is 645 g/mol. The first-order valence-corrected chi connectivity index (χ1v) is 14.7. The third-order valence-electron chi connectivity index (χ3n) is 6.63. The van der Waals surface area contributed by atoms with Crippen LogP contribution in [0.1, 0.15) is 25.3 Å². The zero-order valence-corrected chi connectivity index (χ0v) is 23.4. The van der Waals surface area contributed by atoms with E-state index in [2.05, 4.69) is 32.6 Å². The van der Waals surface area contributed by atoms with E-state index in [1.165, 1.54) is 28.4 Å². The monoisotopic (exact) mass is 644 g/mol. The zero-order chi connectivity index (χ0) is 25.2. The highest BCUT2D eigenvalue weighted by Crippen LogP contribution is 2.41. The van der Waals surface area contributed by atoms with Crippen molar-refractivity contribution in [3.8, 4) is 10.4 Å². The Kier molecular flexibility index (Phi) is 6.15. The van der Waals surface area contributed by atoms with Gasteiger partial charge in [0.15, 0.2) is 5.65 Å². The maximum Gasteiger partial charge on any atom is 0.250 e. The molecule has 1 amide bonds. The van der Waals surface area contributed by atoms with Gasteiger partial charge in [-0.3, -0.25) is 4.79 Å². The minimum atomic E-state index is -3.91. The molecule has 12 heteroatoms. The lowest BCUT2D eigenvalue weighted by atomic mass is 10.0. The van der Waals surface area contributed by atoms with E-state index in [0.717, 1.165) is 10.4 Å². The number of aromatic nitrogens is 3. The van der Waals surface area contributed by atoms with Crippen LogP contribution in [0.25, 0.3) is 21.5 Å². The summed E-state index contributed by atoms with van der Waals surface area (Å²) in [5.74, 6) is -0.0804. The van der Waals surface area contributed by atoms with E-state index in [1.807, 2.05) is 0 Å². The summed E-state index contributed by atoms with van der Waals surface area (Å²) in [4.78, 5) is 23.0. The summed E-state index contributed by atoms with van der Waals surface area (Å²) in [6.07, 6.45) is 10.2. The highest BCUT2D eigenvalue weighted by molar-refractivity contribution is 14.1. The number of halogens is 2. The van der Waals surface area contributed by atoms with E-state index in [4.69, 9.17) is 11.6 Å². The van der Waals surface area contributed by atoms with Crippen molar-refractivity contribution in [1.82, 2.24) is 18.8 Å². The number of amides is 1. The van der Waals surface area contributed by atoms with Crippen LogP contribution in [0.4, 0.5) is 0 Å². The van der Waals surface area contributed by atoms with Crippen molar-refractivity contribution in [2.24, 2.45) is 0 Å². The molecule has 4 heterocycles. The van der Waals surface area contributed by atoms with Gasteiger partial charge in [0.1, 0.15) is 15.4 Å². The highest BCUT2D eigenvalue weighted by Gasteiger charge is 2.46. The van der Waals surface area contributed by atoms with Gasteiger partial charge in [-0.25, -0.2) is 22.4 Å². The lowest BCUT2D eigenvalue weighted by molar-refractivity contribution is -0.128. The van der Waals surface area contributed by atoms with Crippen LogP contribution in [0.15, 0.2) is 54.0 Å². The van der Waals surface area contributed by atoms with E-state index < -0.39 is 20.4 Å². The molecule has 0 saturated carbocycles. The summed E-state index contributed by atoms with van der Waals surface area (Å²) < 4.78 is 27.2. The Balaban J connectivity index is 1.55. The first-order chi connectivity index (χ1) is 16.5. The zero-order valence-electron chi connectivity index (χ0n) is 18.9. The van der Waals surface area contributed by atoms with Gasteiger partial charge in [-0.2, -0.15) is 0 Å². The second-order valence-electron chi connectivity index (χ2n) is 8.94. The second kappa shape index (κ2) is 8.65. The van der Waals surface area contributed by atoms with Gasteiger partial charge in [-0.1, -0.05) is 40.3 Å². The Morgan fingerprint density at radius 3 is 2.83 bits per heavy atom. The standard InChI is InChI=1S/C23H22ClIN4O4S2/c1-14(30)28-10-7-23(31,13-28)21-27-12-18(34-21)16-5-8-26-20-17(16)6-9-29(20)35(32,33)22(2)11-15(24)3-4-19(22)25/h3-6,8-9,11-12,19,31H,7,10,13H2,1-2H3. The van der Waals surface area contributed by atoms with Gasteiger partial charge in [0.05, 0.1) is 15.3 Å². The molecule has 3 aromatic heterocycles. The van der Waals surface area contributed by atoms with Gasteiger partial charge < -0.3 is 10.0 Å². The summed E-state index contributed by atoms with van der Waals surface area (Å²) in [6.45, 7) is 3.82. The van der Waals surface area contributed by atoms with Crippen molar-refractivity contribution in [1.29, 1.82) is 0 Å². The fourth-order valence-corrected chi connectivity index (χ4v) is 8.91. The molecule has 3 atom stereocenters. The highest BCUT2D eigenvalue weighted by atomic mass is 127. The normalized spacial score (nSPS) is 26.9. The van der Waals surface area contributed by atoms with Gasteiger partial charge in [-0.15, -0.1) is 11.3 Å². The molecule has 3 aromatic rings. The van der Waals surface area contributed by atoms with Crippen molar-refractivity contribution in [2.75, 3.05) is 13.1 Å². The van der Waals surface area contributed by atoms with Crippen molar-refractivity contribution in [3.63, 3.8) is 0 Å². The molecule has 1 fully saturated rings. The third-order valence-corrected chi connectivity index (χ3v) is 12.5. The van der Waals surface area contributed by atoms with Crippen molar-refractivity contribution in [2.45, 2.75) is 34.5 Å². The summed E-state index contributed by atoms with van der Waals surface area (Å²) in [5, 5.41) is 12.7. The number of hydrogen-bond acceptors (Lipinski definition) is 7. The number of likely N-dealkylation sites (tertiary alicyclic amines) is 1. The van der Waals surface area contributed by atoms with Crippen LogP contribution in [0.5, 0.6) is 0 Å². The number of alkyl halides is 1. The first-order valence-electron chi connectivity index (χ1n) is 10.8. The number of rotatable bonds is 4. The Hall–Kier alpha value is -1.80. The summed E-state index contributed by atoms with van der Waals surface area (Å²) in [7, 11) is -3.91. The largest absolute Gasteiger partial charge is 0.381 e. The van der Waals surface area contributed by atoms with Crippen LogP contribution in [0, 0.1) is 0 Å². The number of pyridine rings is 1. The molecule has 1 saturated heterocycles. The predicted octanol–water partition coefficient (Wildman–Crippen LogP) is 4.03. The molecule has 0 bridgehead atoms. The predicted molar refractivity (Wildman–Crippen MR) is 145 cm³/mol. The number of thiazole rings is 1. The molecular formula is C23H22ClIN4O4S2. The van der Waals surface area contributed by atoms with Crippen molar-refractivity contribution < 1.29 is 18.3 Å². The number of hydrogen-bond donors (Lipinski definition) is 1. The molecule has 1 N–H and O–H groups in total. The molecule has 35 heavy (non-hydrogen) atoms. The number of aliphatic hydroxyl groups is 1. The van der Waals surface area contributed by atoms with Gasteiger partial charge in [0, 0.05) is 54.5 Å². The van der Waals surface area contributed by atoms with Crippen LogP contribution >= 0.6 is 45.5 Å². The number of fused-ring (bicyclic) bond motifs is 1. The SMILES string of the molecule is CC(=O)N1CCC(O)(c2ncc(-c3ccnc4c3ccn4S(=O)(=O)C3(C)C=C(Cl)C=CC3I)s2)C1. The quantitative estimate of drug-likeness (QED) is 0.340. The molecule has 5 rings (SSSR count). The smallest absolute Gasteiger partial charge is 0.250 e. The Labute approximate surface area is 225 Å². The minimum absolute atomic E-state index is 0.0804. The molecule has 0 spiro atoms. The molecule has 184 valence electrons. The second-order valence-corrected chi connectivity index (χ2v) is 14.0. The lowest BCUT2D eigenvalue weighted by Gasteiger charge is -2.32. The van der Waals surface area contributed by atoms with Crippen LogP contribution in [-0.2, 0) is 20.4 Å². The molecule has 0 radical (unpaired) electrons. The van der Waals surface area contributed by atoms with Crippen LogP contribution in [0.2, 0.25) is 0 Å². The Bertz CT molecular complexity index is 1510. The molecular weight excluding hydrogens is 623 g/mol. The molecule has 3 unspecified atom stereocenters. The molecule has 1 aliphatic carbocycles. The lowest BCUT2D eigenvalue weighted by Crippen LogP contribution is -2.45. The third kappa shape index (κ3) is 3.95.